The van der Waals surface area contributed by atoms with Crippen molar-refractivity contribution in [3.8, 4) is 22.7 Å². The van der Waals surface area contributed by atoms with Crippen molar-refractivity contribution in [2.24, 2.45) is 0 Å². The number of esters is 2. The molecule has 0 aliphatic heterocycles. The maximum atomic E-state index is 12.4. The van der Waals surface area contributed by atoms with Gasteiger partial charge in [-0.25, -0.2) is 4.79 Å². The van der Waals surface area contributed by atoms with Crippen molar-refractivity contribution in [1.82, 2.24) is 4.57 Å². The van der Waals surface area contributed by atoms with Crippen LogP contribution >= 0.6 is 0 Å². The molecule has 0 saturated heterocycles. The molecule has 0 aliphatic rings. The number of carbonyl (C=O) groups excluding carboxylic acids is 2. The highest BCUT2D eigenvalue weighted by molar-refractivity contribution is 5.96. The Kier molecular flexibility index (Phi) is 5.79. The van der Waals surface area contributed by atoms with Gasteiger partial charge in [-0.3, -0.25) is 4.79 Å². The van der Waals surface area contributed by atoms with E-state index in [0.29, 0.717) is 16.9 Å². The Hall–Kier alpha value is -3.54. The lowest BCUT2D eigenvalue weighted by atomic mass is 10.0. The second-order valence-corrected chi connectivity index (χ2v) is 6.05. The molecule has 1 heterocycles. The normalized spacial score (nSPS) is 10.4. The average Bonchev–Trinajstić information content (AvgIpc) is 3.12. The quantitative estimate of drug-likeness (QED) is 0.612. The number of nitrogens with zero attached hydrogens (tertiary/aromatic N) is 1. The highest BCUT2D eigenvalue weighted by Gasteiger charge is 2.25. The Morgan fingerprint density at radius 2 is 1.57 bits per heavy atom. The molecule has 0 aliphatic carbocycles. The number of methoxy groups -OCH3 is 3. The number of aromatic nitrogens is 1. The molecule has 0 unspecified atom stereocenters. The second kappa shape index (κ2) is 8.43. The third-order valence-corrected chi connectivity index (χ3v) is 4.46. The smallest absolute Gasteiger partial charge is 0.339 e. The molecule has 0 radical (unpaired) electrons. The number of hydrogen-bond acceptors (Lipinski definition) is 5. The summed E-state index contributed by atoms with van der Waals surface area (Å²) in [6.07, 6.45) is 1.64. The summed E-state index contributed by atoms with van der Waals surface area (Å²) in [5, 5.41) is 0. The molecule has 28 heavy (non-hydrogen) atoms. The lowest BCUT2D eigenvalue weighted by molar-refractivity contribution is -0.139. The van der Waals surface area contributed by atoms with Crippen molar-refractivity contribution in [2.75, 3.05) is 21.3 Å². The van der Waals surface area contributed by atoms with Gasteiger partial charge in [0.05, 0.1) is 39.0 Å². The van der Waals surface area contributed by atoms with Gasteiger partial charge in [-0.2, -0.15) is 0 Å². The minimum Gasteiger partial charge on any atom is -0.497 e. The fraction of sp³-hybridized carbons (Fsp3) is 0.182. The molecule has 2 aromatic carbocycles. The van der Waals surface area contributed by atoms with Crippen LogP contribution in [-0.4, -0.2) is 37.8 Å². The number of hydrogen-bond donors (Lipinski definition) is 0. The number of para-hydroxylation sites is 1. The summed E-state index contributed by atoms with van der Waals surface area (Å²) in [5.74, 6) is -0.238. The van der Waals surface area contributed by atoms with Gasteiger partial charge >= 0.3 is 11.9 Å². The molecule has 0 fully saturated rings. The van der Waals surface area contributed by atoms with Crippen LogP contribution < -0.4 is 4.74 Å². The van der Waals surface area contributed by atoms with Gasteiger partial charge in [0, 0.05) is 17.4 Å². The van der Waals surface area contributed by atoms with E-state index in [4.69, 9.17) is 14.2 Å². The molecule has 144 valence electrons. The SMILES string of the molecule is COC(=O)Cc1c(C(=O)OC)cn(-c2ccccc2)c1-c1ccc(OC)cc1. The number of carbonyl (C=O) groups is 2. The maximum Gasteiger partial charge on any atom is 0.339 e. The zero-order valence-electron chi connectivity index (χ0n) is 16.0. The van der Waals surface area contributed by atoms with E-state index in [-0.39, 0.29) is 6.42 Å². The Morgan fingerprint density at radius 3 is 2.14 bits per heavy atom. The van der Waals surface area contributed by atoms with Crippen LogP contribution in [0.3, 0.4) is 0 Å². The summed E-state index contributed by atoms with van der Waals surface area (Å²) in [5.41, 5.74) is 3.28. The van der Waals surface area contributed by atoms with E-state index in [1.807, 2.05) is 59.2 Å². The monoisotopic (exact) mass is 379 g/mol. The van der Waals surface area contributed by atoms with E-state index in [2.05, 4.69) is 0 Å². The molecule has 0 N–H and O–H groups in total. The third-order valence-electron chi connectivity index (χ3n) is 4.46. The van der Waals surface area contributed by atoms with Gasteiger partial charge in [-0.05, 0) is 42.0 Å². The molecule has 1 aromatic heterocycles. The predicted octanol–water partition coefficient (Wildman–Crippen LogP) is 3.66. The van der Waals surface area contributed by atoms with Crippen LogP contribution in [0.4, 0.5) is 0 Å². The van der Waals surface area contributed by atoms with Crippen molar-refractivity contribution >= 4 is 11.9 Å². The molecule has 0 amide bonds. The van der Waals surface area contributed by atoms with E-state index < -0.39 is 11.9 Å². The summed E-state index contributed by atoms with van der Waals surface area (Å²) >= 11 is 0. The Balaban J connectivity index is 2.28. The fourth-order valence-corrected chi connectivity index (χ4v) is 3.08. The molecular weight excluding hydrogens is 358 g/mol. The molecule has 0 atom stereocenters. The van der Waals surface area contributed by atoms with Crippen LogP contribution in [0.25, 0.3) is 16.9 Å². The highest BCUT2D eigenvalue weighted by atomic mass is 16.5. The van der Waals surface area contributed by atoms with Crippen molar-refractivity contribution in [2.45, 2.75) is 6.42 Å². The Bertz CT molecular complexity index is 974. The van der Waals surface area contributed by atoms with Gasteiger partial charge in [0.1, 0.15) is 5.75 Å². The fourth-order valence-electron chi connectivity index (χ4n) is 3.08. The number of benzene rings is 2. The number of ether oxygens (including phenoxy) is 3. The first-order valence-electron chi connectivity index (χ1n) is 8.68. The molecule has 0 saturated carbocycles. The van der Waals surface area contributed by atoms with E-state index in [1.54, 1.807) is 13.3 Å². The zero-order valence-corrected chi connectivity index (χ0v) is 16.0. The summed E-state index contributed by atoms with van der Waals surface area (Å²) < 4.78 is 16.9. The summed E-state index contributed by atoms with van der Waals surface area (Å²) in [6.45, 7) is 0. The van der Waals surface area contributed by atoms with Gasteiger partial charge in [-0.15, -0.1) is 0 Å². The van der Waals surface area contributed by atoms with Crippen LogP contribution in [0.15, 0.2) is 60.8 Å². The summed E-state index contributed by atoms with van der Waals surface area (Å²) in [6, 6.07) is 17.0. The molecule has 6 nitrogen and oxygen atoms in total. The lowest BCUT2D eigenvalue weighted by Gasteiger charge is -2.12. The van der Waals surface area contributed by atoms with Crippen LogP contribution in [0.5, 0.6) is 5.75 Å². The largest absolute Gasteiger partial charge is 0.497 e. The van der Waals surface area contributed by atoms with E-state index in [1.165, 1.54) is 14.2 Å². The Morgan fingerprint density at radius 1 is 0.893 bits per heavy atom. The first kappa shape index (κ1) is 19.2. The van der Waals surface area contributed by atoms with E-state index in [9.17, 15) is 9.59 Å². The highest BCUT2D eigenvalue weighted by Crippen LogP contribution is 2.33. The molecule has 3 rings (SSSR count). The maximum absolute atomic E-state index is 12.4. The van der Waals surface area contributed by atoms with Gasteiger partial charge < -0.3 is 18.8 Å². The van der Waals surface area contributed by atoms with Crippen LogP contribution in [-0.2, 0) is 20.7 Å². The topological polar surface area (TPSA) is 66.8 Å². The van der Waals surface area contributed by atoms with Gasteiger partial charge in [0.2, 0.25) is 0 Å². The standard InChI is InChI=1S/C22H21NO5/c1-26-17-11-9-15(10-12-17)21-18(13-20(24)27-2)19(22(25)28-3)14-23(21)16-7-5-4-6-8-16/h4-12,14H,13H2,1-3H3. The van der Waals surface area contributed by atoms with Gasteiger partial charge in [0.25, 0.3) is 0 Å². The Labute approximate surface area is 163 Å². The predicted molar refractivity (Wildman–Crippen MR) is 105 cm³/mol. The first-order chi connectivity index (χ1) is 13.6. The lowest BCUT2D eigenvalue weighted by Crippen LogP contribution is -2.10. The molecular formula is C22H21NO5. The van der Waals surface area contributed by atoms with Crippen molar-refractivity contribution < 1.29 is 23.8 Å². The molecule has 0 spiro atoms. The van der Waals surface area contributed by atoms with E-state index in [0.717, 1.165) is 16.9 Å². The molecule has 6 heteroatoms. The minimum absolute atomic E-state index is 0.0534. The van der Waals surface area contributed by atoms with Crippen LogP contribution in [0.1, 0.15) is 15.9 Å². The van der Waals surface area contributed by atoms with Crippen molar-refractivity contribution in [3.63, 3.8) is 0 Å². The second-order valence-electron chi connectivity index (χ2n) is 6.05. The first-order valence-corrected chi connectivity index (χ1v) is 8.68. The van der Waals surface area contributed by atoms with E-state index >= 15 is 0 Å². The molecule has 3 aromatic rings. The third kappa shape index (κ3) is 3.76. The average molecular weight is 379 g/mol. The van der Waals surface area contributed by atoms with Crippen molar-refractivity contribution in [1.29, 1.82) is 0 Å². The summed E-state index contributed by atoms with van der Waals surface area (Å²) in [7, 11) is 4.23. The molecule has 0 bridgehead atoms. The zero-order chi connectivity index (χ0) is 20.1. The van der Waals surface area contributed by atoms with Crippen LogP contribution in [0.2, 0.25) is 0 Å². The number of rotatable bonds is 6. The van der Waals surface area contributed by atoms with Crippen molar-refractivity contribution in [3.05, 3.63) is 71.9 Å². The van der Waals surface area contributed by atoms with Gasteiger partial charge in [0.15, 0.2) is 0 Å². The summed E-state index contributed by atoms with van der Waals surface area (Å²) in [4.78, 5) is 24.5. The minimum atomic E-state index is -0.511. The van der Waals surface area contributed by atoms with Crippen LogP contribution in [0, 0.1) is 0 Å². The van der Waals surface area contributed by atoms with Gasteiger partial charge in [-0.1, -0.05) is 18.2 Å².